The van der Waals surface area contributed by atoms with Crippen LogP contribution in [0.3, 0.4) is 0 Å². The van der Waals surface area contributed by atoms with Gasteiger partial charge in [-0.15, -0.1) is 0 Å². The molecule has 0 saturated heterocycles. The van der Waals surface area contributed by atoms with E-state index < -0.39 is 18.9 Å². The van der Waals surface area contributed by atoms with Gasteiger partial charge in [0.05, 0.1) is 25.2 Å². The molecular weight excluding hydrogens is 228 g/mol. The van der Waals surface area contributed by atoms with Crippen LogP contribution in [0.5, 0.6) is 0 Å². The molecule has 1 unspecified atom stereocenters. The van der Waals surface area contributed by atoms with Gasteiger partial charge in [0.25, 0.3) is 0 Å². The molecule has 4 nitrogen and oxygen atoms in total. The van der Waals surface area contributed by atoms with E-state index in [4.69, 9.17) is 8.85 Å². The van der Waals surface area contributed by atoms with Gasteiger partial charge in [-0.3, -0.25) is 0 Å². The maximum atomic E-state index is 11.9. The topological polar surface area (TPSA) is 44.1 Å². The van der Waals surface area contributed by atoms with Crippen LogP contribution in [0.2, 0.25) is 0 Å². The molecule has 2 rings (SSSR count). The van der Waals surface area contributed by atoms with Gasteiger partial charge in [0.2, 0.25) is 0 Å². The molecule has 0 amide bonds. The summed E-state index contributed by atoms with van der Waals surface area (Å²) in [5.41, 5.74) is 0.711. The molecular formula is C14H16N2O2. The summed E-state index contributed by atoms with van der Waals surface area (Å²) in [7, 11) is 0. The number of esters is 1. The second kappa shape index (κ2) is 5.49. The summed E-state index contributed by atoms with van der Waals surface area (Å²) in [6.07, 6.45) is 2.66. The smallest absolute Gasteiger partial charge is 0.356 e. The Morgan fingerprint density at radius 3 is 2.94 bits per heavy atom. The second-order valence-electron chi connectivity index (χ2n) is 3.72. The Hall–Kier alpha value is -2.10. The second-order valence-corrected chi connectivity index (χ2v) is 3.72. The highest BCUT2D eigenvalue weighted by molar-refractivity contribution is 5.87. The fraction of sp³-hybridized carbons (Fsp3) is 0.286. The summed E-state index contributed by atoms with van der Waals surface area (Å²) in [6, 6.07) is 7.77. The Balaban J connectivity index is 2.49. The van der Waals surface area contributed by atoms with Crippen LogP contribution >= 0.6 is 0 Å². The van der Waals surface area contributed by atoms with Crippen molar-refractivity contribution in [3.8, 4) is 0 Å². The number of benzene rings is 1. The maximum absolute atomic E-state index is 11.9. The highest BCUT2D eigenvalue weighted by Gasteiger charge is 2.17. The van der Waals surface area contributed by atoms with Crippen LogP contribution in [-0.2, 0) is 4.74 Å². The Morgan fingerprint density at radius 2 is 2.28 bits per heavy atom. The van der Waals surface area contributed by atoms with E-state index >= 15 is 0 Å². The Kier molecular flexibility index (Phi) is 2.72. The summed E-state index contributed by atoms with van der Waals surface area (Å²) in [4.78, 5) is 15.8. The van der Waals surface area contributed by atoms with Crippen molar-refractivity contribution in [2.24, 2.45) is 0 Å². The van der Waals surface area contributed by atoms with Crippen molar-refractivity contribution in [2.75, 3.05) is 6.61 Å². The van der Waals surface area contributed by atoms with E-state index in [9.17, 15) is 4.79 Å². The van der Waals surface area contributed by atoms with Gasteiger partial charge in [-0.05, 0) is 19.3 Å². The zero-order valence-electron chi connectivity index (χ0n) is 13.0. The van der Waals surface area contributed by atoms with Crippen LogP contribution in [0.15, 0.2) is 42.9 Å². The quantitative estimate of drug-likeness (QED) is 0.780. The number of carbonyl (C=O) groups excluding carboxylic acids is 1. The first kappa shape index (κ1) is 8.91. The molecule has 0 radical (unpaired) electrons. The molecule has 0 aliphatic heterocycles. The number of hydrogen-bond acceptors (Lipinski definition) is 3. The molecule has 18 heavy (non-hydrogen) atoms. The minimum absolute atomic E-state index is 0.127. The number of ether oxygens (including phenoxy) is 1. The summed E-state index contributed by atoms with van der Waals surface area (Å²) >= 11 is 0. The molecule has 0 fully saturated rings. The van der Waals surface area contributed by atoms with Crippen molar-refractivity contribution in [3.05, 3.63) is 54.1 Å². The number of hydrogen-bond donors (Lipinski definition) is 0. The van der Waals surface area contributed by atoms with Gasteiger partial charge < -0.3 is 9.30 Å². The number of imidazole rings is 1. The van der Waals surface area contributed by atoms with Crippen LogP contribution in [-0.4, -0.2) is 22.1 Å². The van der Waals surface area contributed by atoms with Crippen molar-refractivity contribution in [3.63, 3.8) is 0 Å². The lowest BCUT2D eigenvalue weighted by Crippen LogP contribution is -2.15. The summed E-state index contributed by atoms with van der Waals surface area (Å²) in [6.45, 7) is -0.409. The van der Waals surface area contributed by atoms with Crippen LogP contribution in [0.1, 0.15) is 40.0 Å². The van der Waals surface area contributed by atoms with Crippen LogP contribution in [0.4, 0.5) is 0 Å². The van der Waals surface area contributed by atoms with Gasteiger partial charge in [0, 0.05) is 4.11 Å². The molecule has 94 valence electrons. The average molecular weight is 247 g/mol. The predicted octanol–water partition coefficient (Wildman–Crippen LogP) is 2.67. The number of nitrogens with zero attached hydrogens (tertiary/aromatic N) is 2. The van der Waals surface area contributed by atoms with E-state index in [1.54, 1.807) is 37.3 Å². The highest BCUT2D eigenvalue weighted by atomic mass is 16.5. The molecule has 0 saturated carbocycles. The molecule has 1 atom stereocenters. The average Bonchev–Trinajstić information content (AvgIpc) is 2.88. The van der Waals surface area contributed by atoms with Gasteiger partial charge >= 0.3 is 5.97 Å². The molecule has 2 aromatic rings. The third-order valence-corrected chi connectivity index (χ3v) is 2.54. The lowest BCUT2D eigenvalue weighted by Gasteiger charge is -2.16. The first-order chi connectivity index (χ1) is 9.95. The molecule has 1 aromatic heterocycles. The van der Waals surface area contributed by atoms with Crippen LogP contribution in [0, 0.1) is 0 Å². The van der Waals surface area contributed by atoms with E-state index in [-0.39, 0.29) is 12.3 Å². The van der Waals surface area contributed by atoms with E-state index in [2.05, 4.69) is 4.98 Å². The fourth-order valence-corrected chi connectivity index (χ4v) is 1.67. The van der Waals surface area contributed by atoms with Gasteiger partial charge in [-0.2, -0.15) is 0 Å². The van der Waals surface area contributed by atoms with Crippen molar-refractivity contribution in [2.45, 2.75) is 19.8 Å². The minimum atomic E-state index is -2.32. The van der Waals surface area contributed by atoms with Gasteiger partial charge in [0.1, 0.15) is 5.69 Å². The summed E-state index contributed by atoms with van der Waals surface area (Å²) < 4.78 is 29.6. The molecule has 0 aliphatic rings. The first-order valence-corrected chi connectivity index (χ1v) is 5.69. The van der Waals surface area contributed by atoms with Crippen LogP contribution < -0.4 is 0 Å². The van der Waals surface area contributed by atoms with E-state index in [1.807, 2.05) is 0 Å². The normalized spacial score (nSPS) is 15.3. The maximum Gasteiger partial charge on any atom is 0.356 e. The van der Waals surface area contributed by atoms with E-state index in [0.717, 1.165) is 0 Å². The zero-order chi connectivity index (χ0) is 15.5. The van der Waals surface area contributed by atoms with Gasteiger partial charge in [-0.25, -0.2) is 9.78 Å². The van der Waals surface area contributed by atoms with E-state index in [1.165, 1.54) is 17.1 Å². The number of carbonyl (C=O) groups is 1. The monoisotopic (exact) mass is 247 g/mol. The Labute approximate surface area is 110 Å². The Bertz CT molecular complexity index is 608. The lowest BCUT2D eigenvalue weighted by molar-refractivity contribution is 0.0512. The van der Waals surface area contributed by atoms with Crippen molar-refractivity contribution < 1.29 is 13.6 Å². The van der Waals surface area contributed by atoms with E-state index in [0.29, 0.717) is 5.56 Å². The van der Waals surface area contributed by atoms with Crippen LogP contribution in [0.25, 0.3) is 0 Å². The fourth-order valence-electron chi connectivity index (χ4n) is 1.67. The largest absolute Gasteiger partial charge is 0.461 e. The van der Waals surface area contributed by atoms with Crippen molar-refractivity contribution in [1.82, 2.24) is 9.55 Å². The lowest BCUT2D eigenvalue weighted by atomic mass is 10.1. The number of rotatable bonds is 4. The molecule has 0 bridgehead atoms. The SMILES string of the molecule is [2H]C([2H])([2H])C(c1ccccc1)n1cncc1C(=O)OCC. The first-order valence-electron chi connectivity index (χ1n) is 7.19. The Morgan fingerprint density at radius 1 is 1.50 bits per heavy atom. The number of aromatic nitrogens is 2. The minimum Gasteiger partial charge on any atom is -0.461 e. The highest BCUT2D eigenvalue weighted by Crippen LogP contribution is 2.19. The summed E-state index contributed by atoms with van der Waals surface area (Å²) in [5.74, 6) is -0.583. The zero-order valence-corrected chi connectivity index (χ0v) is 10.0. The van der Waals surface area contributed by atoms with Gasteiger partial charge in [-0.1, -0.05) is 30.3 Å². The van der Waals surface area contributed by atoms with Gasteiger partial charge in [0.15, 0.2) is 0 Å². The van der Waals surface area contributed by atoms with Crippen molar-refractivity contribution >= 4 is 5.97 Å². The third-order valence-electron chi connectivity index (χ3n) is 2.54. The van der Waals surface area contributed by atoms with Crippen molar-refractivity contribution in [1.29, 1.82) is 0 Å². The molecule has 4 heteroatoms. The molecule has 1 aromatic carbocycles. The molecule has 0 spiro atoms. The molecule has 1 heterocycles. The third kappa shape index (κ3) is 2.42. The molecule has 0 N–H and O–H groups in total. The summed E-state index contributed by atoms with van der Waals surface area (Å²) in [5, 5.41) is 0. The standard InChI is InChI=1S/C14H16N2O2/c1-3-18-14(17)13-9-15-10-16(13)11(2)12-7-5-4-6-8-12/h4-11H,3H2,1-2H3/i2D3. The molecule has 0 aliphatic carbocycles. The predicted molar refractivity (Wildman–Crippen MR) is 68.4 cm³/mol.